The van der Waals surface area contributed by atoms with Crippen molar-refractivity contribution in [3.63, 3.8) is 0 Å². The zero-order valence-corrected chi connectivity index (χ0v) is 14.2. The number of hydrogen-bond acceptors (Lipinski definition) is 3. The van der Waals surface area contributed by atoms with E-state index in [0.717, 1.165) is 0 Å². The highest BCUT2D eigenvalue weighted by molar-refractivity contribution is 8.33. The van der Waals surface area contributed by atoms with Gasteiger partial charge in [0.1, 0.15) is 0 Å². The van der Waals surface area contributed by atoms with Gasteiger partial charge in [0, 0.05) is 0 Å². The molecule has 0 amide bonds. The van der Waals surface area contributed by atoms with Crippen LogP contribution in [0.1, 0.15) is 27.7 Å². The largest absolute Gasteiger partial charge is 0.532 e. The van der Waals surface area contributed by atoms with E-state index in [0.29, 0.717) is 23.0 Å². The molecule has 0 spiro atoms. The minimum Gasteiger partial charge on any atom is -0.234 e. The standard InChI is InChI=1S/C10H26FO3PS2/c1-7-16(5,8-2)13-15(11,12)14-17(6,9-3)10-4/h7-10H2,1-6H3. The summed E-state index contributed by atoms with van der Waals surface area (Å²) in [6, 6.07) is 0. The van der Waals surface area contributed by atoms with Crippen LogP contribution in [0.2, 0.25) is 0 Å². The van der Waals surface area contributed by atoms with Gasteiger partial charge in [-0.1, -0.05) is 27.7 Å². The summed E-state index contributed by atoms with van der Waals surface area (Å²) < 4.78 is 36.2. The van der Waals surface area contributed by atoms with Crippen LogP contribution in [0.3, 0.4) is 0 Å². The van der Waals surface area contributed by atoms with Gasteiger partial charge in [0.15, 0.2) is 0 Å². The zero-order valence-electron chi connectivity index (χ0n) is 11.7. The van der Waals surface area contributed by atoms with Gasteiger partial charge >= 0.3 is 7.91 Å². The summed E-state index contributed by atoms with van der Waals surface area (Å²) in [5.41, 5.74) is 0. The molecule has 0 atom stereocenters. The number of hydrogen-bond donors (Lipinski definition) is 0. The summed E-state index contributed by atoms with van der Waals surface area (Å²) >= 11 is 0. The Labute approximate surface area is 109 Å². The zero-order chi connectivity index (χ0) is 13.7. The van der Waals surface area contributed by atoms with E-state index in [2.05, 4.69) is 0 Å². The van der Waals surface area contributed by atoms with Crippen molar-refractivity contribution in [2.45, 2.75) is 27.7 Å². The van der Waals surface area contributed by atoms with E-state index in [4.69, 9.17) is 7.94 Å². The molecule has 3 nitrogen and oxygen atoms in total. The van der Waals surface area contributed by atoms with Crippen molar-refractivity contribution in [3.05, 3.63) is 0 Å². The topological polar surface area (TPSA) is 35.5 Å². The van der Waals surface area contributed by atoms with Gasteiger partial charge in [-0.3, -0.25) is 0 Å². The molecule has 0 unspecified atom stereocenters. The van der Waals surface area contributed by atoms with Crippen LogP contribution >= 0.6 is 28.5 Å². The Morgan fingerprint density at radius 2 is 1.12 bits per heavy atom. The lowest BCUT2D eigenvalue weighted by Crippen LogP contribution is -2.10. The highest BCUT2D eigenvalue weighted by Gasteiger charge is 2.37. The monoisotopic (exact) mass is 308 g/mol. The molecule has 0 aliphatic heterocycles. The average molecular weight is 308 g/mol. The summed E-state index contributed by atoms with van der Waals surface area (Å²) in [5.74, 6) is 2.74. The molecule has 0 bridgehead atoms. The fourth-order valence-electron chi connectivity index (χ4n) is 1.06. The highest BCUT2D eigenvalue weighted by atomic mass is 32.3. The van der Waals surface area contributed by atoms with E-state index < -0.39 is 28.5 Å². The molecule has 0 rings (SSSR count). The van der Waals surface area contributed by atoms with Crippen LogP contribution in [-0.4, -0.2) is 35.5 Å². The smallest absolute Gasteiger partial charge is 0.234 e. The molecule has 17 heavy (non-hydrogen) atoms. The lowest BCUT2D eigenvalue weighted by Gasteiger charge is -2.38. The molecule has 0 saturated heterocycles. The van der Waals surface area contributed by atoms with Gasteiger partial charge in [0.2, 0.25) is 0 Å². The third-order valence-electron chi connectivity index (χ3n) is 2.98. The first-order chi connectivity index (χ1) is 7.66. The predicted molar refractivity (Wildman–Crippen MR) is 80.1 cm³/mol. The normalized spacial score (nSPS) is 15.9. The second-order valence-corrected chi connectivity index (χ2v) is 13.2. The molecule has 0 aromatic carbocycles. The first kappa shape index (κ1) is 17.8. The maximum atomic E-state index is 14.0. The van der Waals surface area contributed by atoms with Crippen LogP contribution in [-0.2, 0) is 12.5 Å². The van der Waals surface area contributed by atoms with Gasteiger partial charge in [0.25, 0.3) is 0 Å². The molecule has 0 fully saturated rings. The Bertz CT molecular complexity index is 257. The fourth-order valence-corrected chi connectivity index (χ4v) is 7.33. The fraction of sp³-hybridized carbons (Fsp3) is 1.00. The molecule has 0 aliphatic rings. The summed E-state index contributed by atoms with van der Waals surface area (Å²) in [6.45, 7) is 7.68. The third-order valence-corrected chi connectivity index (χ3v) is 12.2. The van der Waals surface area contributed by atoms with Crippen molar-refractivity contribution in [1.29, 1.82) is 0 Å². The first-order valence-electron chi connectivity index (χ1n) is 5.85. The van der Waals surface area contributed by atoms with Crippen LogP contribution in [0.5, 0.6) is 0 Å². The average Bonchev–Trinajstić information content (AvgIpc) is 2.27. The Morgan fingerprint density at radius 1 is 0.882 bits per heavy atom. The molecule has 0 aliphatic carbocycles. The SMILES string of the molecule is CCS(C)(CC)OP(=O)(F)OS(C)(CC)CC. The molecule has 0 saturated carbocycles. The molecule has 0 aromatic heterocycles. The van der Waals surface area contributed by atoms with E-state index in [-0.39, 0.29) is 0 Å². The van der Waals surface area contributed by atoms with Gasteiger partial charge in [-0.25, -0.2) is 12.5 Å². The predicted octanol–water partition coefficient (Wildman–Crippen LogP) is 4.88. The Hall–Kier alpha value is 0.780. The van der Waals surface area contributed by atoms with Crippen molar-refractivity contribution < 1.29 is 16.7 Å². The molecule has 108 valence electrons. The van der Waals surface area contributed by atoms with E-state index >= 15 is 0 Å². The Kier molecular flexibility index (Phi) is 7.12. The van der Waals surface area contributed by atoms with Crippen molar-refractivity contribution in [3.8, 4) is 0 Å². The van der Waals surface area contributed by atoms with Gasteiger partial charge < -0.3 is 0 Å². The summed E-state index contributed by atoms with van der Waals surface area (Å²) in [5, 5.41) is 0. The Balaban J connectivity index is 4.75. The second-order valence-electron chi connectivity index (χ2n) is 4.10. The van der Waals surface area contributed by atoms with Crippen LogP contribution in [0.15, 0.2) is 0 Å². The van der Waals surface area contributed by atoms with Crippen LogP contribution in [0.25, 0.3) is 0 Å². The molecule has 0 radical (unpaired) electrons. The summed E-state index contributed by atoms with van der Waals surface area (Å²) in [6.07, 6.45) is 3.68. The highest BCUT2D eigenvalue weighted by Crippen LogP contribution is 2.70. The van der Waals surface area contributed by atoms with Crippen molar-refractivity contribution in [1.82, 2.24) is 0 Å². The maximum Gasteiger partial charge on any atom is 0.532 e. The minimum atomic E-state index is -4.43. The molecular formula is C10H26FO3PS2. The van der Waals surface area contributed by atoms with Crippen LogP contribution in [0, 0.1) is 0 Å². The lowest BCUT2D eigenvalue weighted by molar-refractivity contribution is 0.367. The molecule has 0 heterocycles. The van der Waals surface area contributed by atoms with Crippen LogP contribution in [0.4, 0.5) is 4.20 Å². The van der Waals surface area contributed by atoms with Gasteiger partial charge in [-0.2, -0.15) is 0 Å². The van der Waals surface area contributed by atoms with Crippen molar-refractivity contribution >= 4 is 28.5 Å². The molecular weight excluding hydrogens is 282 g/mol. The lowest BCUT2D eigenvalue weighted by atomic mass is 11.0. The number of rotatable bonds is 8. The van der Waals surface area contributed by atoms with E-state index in [1.807, 2.05) is 40.2 Å². The summed E-state index contributed by atoms with van der Waals surface area (Å²) in [7, 11) is -7.65. The maximum absolute atomic E-state index is 14.0. The molecule has 0 N–H and O–H groups in total. The molecule has 7 heteroatoms. The third kappa shape index (κ3) is 5.97. The summed E-state index contributed by atoms with van der Waals surface area (Å²) in [4.78, 5) is 0. The van der Waals surface area contributed by atoms with Crippen molar-refractivity contribution in [2.75, 3.05) is 35.5 Å². The molecule has 0 aromatic rings. The quantitative estimate of drug-likeness (QED) is 0.600. The van der Waals surface area contributed by atoms with Gasteiger partial charge in [-0.05, 0) is 35.5 Å². The number of halogens is 1. The van der Waals surface area contributed by atoms with Gasteiger partial charge in [0.05, 0.1) is 0 Å². The minimum absolute atomic E-state index is 0.686. The Morgan fingerprint density at radius 3 is 1.29 bits per heavy atom. The van der Waals surface area contributed by atoms with E-state index in [9.17, 15) is 8.76 Å². The van der Waals surface area contributed by atoms with E-state index in [1.165, 1.54) is 0 Å². The first-order valence-corrected chi connectivity index (χ1v) is 11.9. The van der Waals surface area contributed by atoms with Gasteiger partial charge in [-0.15, -0.1) is 24.8 Å². The van der Waals surface area contributed by atoms with E-state index in [1.54, 1.807) is 0 Å². The second kappa shape index (κ2) is 6.80. The van der Waals surface area contributed by atoms with Crippen molar-refractivity contribution in [2.24, 2.45) is 0 Å². The van der Waals surface area contributed by atoms with Crippen LogP contribution < -0.4 is 0 Å².